The van der Waals surface area contributed by atoms with Gasteiger partial charge in [0.2, 0.25) is 17.7 Å². The van der Waals surface area contributed by atoms with E-state index in [1.165, 1.54) is 37.3 Å². The summed E-state index contributed by atoms with van der Waals surface area (Å²) in [7, 11) is 3.92. The first-order chi connectivity index (χ1) is 16.4. The van der Waals surface area contributed by atoms with Crippen molar-refractivity contribution in [3.8, 4) is 0 Å². The first-order valence-electron chi connectivity index (χ1n) is 12.2. The van der Waals surface area contributed by atoms with Crippen LogP contribution in [0.3, 0.4) is 0 Å². The number of amides is 1. The minimum Gasteiger partial charge on any atom is -0.424 e. The normalized spacial score (nSPS) is 20.7. The third kappa shape index (κ3) is 4.54. The van der Waals surface area contributed by atoms with Gasteiger partial charge in [-0.15, -0.1) is 10.2 Å². The highest BCUT2D eigenvalue weighted by Crippen LogP contribution is 2.31. The Labute approximate surface area is 200 Å². The monoisotopic (exact) mass is 469 g/mol. The van der Waals surface area contributed by atoms with E-state index in [0.29, 0.717) is 35.7 Å². The number of piperidine rings is 1. The third-order valence-corrected chi connectivity index (χ3v) is 7.33. The van der Waals surface area contributed by atoms with Crippen molar-refractivity contribution < 1.29 is 9.21 Å². The molecule has 11 heteroatoms. The van der Waals surface area contributed by atoms with E-state index >= 15 is 0 Å². The second kappa shape index (κ2) is 9.38. The van der Waals surface area contributed by atoms with Crippen molar-refractivity contribution in [2.24, 2.45) is 5.92 Å². The minimum absolute atomic E-state index is 0.148. The largest absolute Gasteiger partial charge is 0.424 e. The number of piperazine rings is 1. The molecule has 0 atom stereocenters. The van der Waals surface area contributed by atoms with E-state index in [1.807, 2.05) is 4.57 Å². The van der Waals surface area contributed by atoms with Crippen molar-refractivity contribution in [2.75, 3.05) is 70.1 Å². The molecule has 0 aliphatic carbocycles. The maximum atomic E-state index is 13.1. The second-order valence-electron chi connectivity index (χ2n) is 9.71. The zero-order valence-corrected chi connectivity index (χ0v) is 20.5. The fourth-order valence-corrected chi connectivity index (χ4v) is 5.06. The van der Waals surface area contributed by atoms with Crippen LogP contribution in [0.4, 0.5) is 11.8 Å². The van der Waals surface area contributed by atoms with Crippen LogP contribution in [0.25, 0.3) is 0 Å². The lowest BCUT2D eigenvalue weighted by Crippen LogP contribution is -2.48. The lowest BCUT2D eigenvalue weighted by atomic mass is 9.93. The molecule has 2 fully saturated rings. The molecule has 0 bridgehead atoms. The number of aromatic nitrogens is 4. The van der Waals surface area contributed by atoms with Gasteiger partial charge in [0.05, 0.1) is 0 Å². The third-order valence-electron chi connectivity index (χ3n) is 7.33. The van der Waals surface area contributed by atoms with Crippen LogP contribution in [0, 0.1) is 12.8 Å². The molecule has 184 valence electrons. The predicted octanol–water partition coefficient (Wildman–Crippen LogP) is 1.45. The smallest absolute Gasteiger partial charge is 0.279 e. The molecule has 0 aromatic carbocycles. The summed E-state index contributed by atoms with van der Waals surface area (Å²) >= 11 is 0. The summed E-state index contributed by atoms with van der Waals surface area (Å²) in [5.74, 6) is 3.45. The fourth-order valence-electron chi connectivity index (χ4n) is 5.06. The highest BCUT2D eigenvalue weighted by atomic mass is 16.4. The van der Waals surface area contributed by atoms with E-state index in [4.69, 9.17) is 9.40 Å². The summed E-state index contributed by atoms with van der Waals surface area (Å²) in [6, 6.07) is 0. The maximum Gasteiger partial charge on any atom is 0.279 e. The Kier molecular flexibility index (Phi) is 6.30. The van der Waals surface area contributed by atoms with Crippen molar-refractivity contribution in [1.29, 1.82) is 0 Å². The highest BCUT2D eigenvalue weighted by Gasteiger charge is 2.34. The van der Waals surface area contributed by atoms with Gasteiger partial charge < -0.3 is 19.5 Å². The van der Waals surface area contributed by atoms with Crippen molar-refractivity contribution in [3.05, 3.63) is 29.9 Å². The summed E-state index contributed by atoms with van der Waals surface area (Å²) in [5.41, 5.74) is 0.491. The molecule has 3 aliphatic rings. The lowest BCUT2D eigenvalue weighted by molar-refractivity contribution is 0.0822. The van der Waals surface area contributed by atoms with Gasteiger partial charge in [0.1, 0.15) is 12.4 Å². The summed E-state index contributed by atoms with van der Waals surface area (Å²) in [6.45, 7) is 13.3. The number of nitrogens with one attached hydrogen (secondary N) is 1. The van der Waals surface area contributed by atoms with Gasteiger partial charge in [-0.2, -0.15) is 4.98 Å². The molecule has 2 aromatic rings. The SMILES string of the molecule is C=C1Nc2nc(N3CCN(CCC4CCN(C)CC4)CC3)n(Cc3nnc(C)o3)c2C(=O)N1C. The molecule has 3 aliphatic heterocycles. The summed E-state index contributed by atoms with van der Waals surface area (Å²) in [5, 5.41) is 11.3. The predicted molar refractivity (Wildman–Crippen MR) is 129 cm³/mol. The van der Waals surface area contributed by atoms with E-state index in [0.717, 1.165) is 44.6 Å². The van der Waals surface area contributed by atoms with Crippen molar-refractivity contribution in [3.63, 3.8) is 0 Å². The van der Waals surface area contributed by atoms with Crippen LogP contribution in [0.1, 0.15) is 41.5 Å². The standard InChI is InChI=1S/C23H35N9O2/c1-16-24-21-20(22(33)29(16)4)32(15-19-27-26-17(2)34-19)23(25-21)31-13-11-30(12-14-31)10-7-18-5-8-28(3)9-6-18/h18,24H,1,5-15H2,2-4H3. The molecule has 34 heavy (non-hydrogen) atoms. The van der Waals surface area contributed by atoms with Crippen LogP contribution < -0.4 is 10.2 Å². The molecular weight excluding hydrogens is 434 g/mol. The number of likely N-dealkylation sites (tertiary alicyclic amines) is 1. The molecule has 0 unspecified atom stereocenters. The Morgan fingerprint density at radius 1 is 1.09 bits per heavy atom. The summed E-state index contributed by atoms with van der Waals surface area (Å²) in [6.07, 6.45) is 3.91. The van der Waals surface area contributed by atoms with Gasteiger partial charge >= 0.3 is 0 Å². The van der Waals surface area contributed by atoms with E-state index in [-0.39, 0.29) is 5.91 Å². The zero-order chi connectivity index (χ0) is 23.8. The molecule has 5 heterocycles. The molecular formula is C23H35N9O2. The van der Waals surface area contributed by atoms with Gasteiger partial charge in [0.15, 0.2) is 11.5 Å². The van der Waals surface area contributed by atoms with Gasteiger partial charge in [-0.1, -0.05) is 6.58 Å². The van der Waals surface area contributed by atoms with E-state index in [9.17, 15) is 4.79 Å². The van der Waals surface area contributed by atoms with Crippen molar-refractivity contribution in [2.45, 2.75) is 32.7 Å². The number of anilines is 2. The number of fused-ring (bicyclic) bond motifs is 1. The fraction of sp³-hybridized carbons (Fsp3) is 0.652. The molecule has 1 amide bonds. The van der Waals surface area contributed by atoms with Gasteiger partial charge in [0, 0.05) is 40.2 Å². The highest BCUT2D eigenvalue weighted by molar-refractivity contribution is 6.01. The maximum absolute atomic E-state index is 13.1. The average Bonchev–Trinajstić information content (AvgIpc) is 3.41. The van der Waals surface area contributed by atoms with Crippen LogP contribution in [0.15, 0.2) is 16.8 Å². The number of imidazole rings is 1. The number of carbonyl (C=O) groups is 1. The first kappa shape index (κ1) is 22.9. The van der Waals surface area contributed by atoms with Crippen LogP contribution in [0.2, 0.25) is 0 Å². The molecule has 1 N–H and O–H groups in total. The molecule has 2 aromatic heterocycles. The molecule has 0 radical (unpaired) electrons. The number of aryl methyl sites for hydroxylation is 1. The molecule has 0 saturated carbocycles. The minimum atomic E-state index is -0.148. The van der Waals surface area contributed by atoms with Crippen molar-refractivity contribution in [1.82, 2.24) is 34.4 Å². The van der Waals surface area contributed by atoms with Gasteiger partial charge in [-0.25, -0.2) is 0 Å². The molecule has 11 nitrogen and oxygen atoms in total. The van der Waals surface area contributed by atoms with Crippen LogP contribution in [-0.4, -0.2) is 100 Å². The topological polar surface area (TPSA) is 98.8 Å². The molecule has 0 spiro atoms. The number of nitrogens with zero attached hydrogens (tertiary/aromatic N) is 8. The van der Waals surface area contributed by atoms with Gasteiger partial charge in [-0.05, 0) is 51.9 Å². The Balaban J connectivity index is 1.29. The second-order valence-corrected chi connectivity index (χ2v) is 9.71. The quantitative estimate of drug-likeness (QED) is 0.674. The van der Waals surface area contributed by atoms with Crippen LogP contribution in [-0.2, 0) is 6.54 Å². The Bertz CT molecular complexity index is 1050. The first-order valence-corrected chi connectivity index (χ1v) is 12.2. The van der Waals surface area contributed by atoms with Crippen LogP contribution >= 0.6 is 0 Å². The van der Waals surface area contributed by atoms with E-state index in [2.05, 4.69) is 43.8 Å². The zero-order valence-electron chi connectivity index (χ0n) is 20.5. The number of rotatable bonds is 6. The number of hydrogen-bond acceptors (Lipinski definition) is 9. The van der Waals surface area contributed by atoms with Crippen LogP contribution in [0.5, 0.6) is 0 Å². The molecule has 2 saturated heterocycles. The Morgan fingerprint density at radius 2 is 1.82 bits per heavy atom. The Hall–Kier alpha value is -2.92. The Morgan fingerprint density at radius 3 is 2.50 bits per heavy atom. The lowest BCUT2D eigenvalue weighted by Gasteiger charge is -2.36. The summed E-state index contributed by atoms with van der Waals surface area (Å²) in [4.78, 5) is 26.7. The van der Waals surface area contributed by atoms with Gasteiger partial charge in [-0.3, -0.25) is 19.2 Å². The van der Waals surface area contributed by atoms with Gasteiger partial charge in [0.25, 0.3) is 5.91 Å². The average molecular weight is 470 g/mol. The molecule has 5 rings (SSSR count). The summed E-state index contributed by atoms with van der Waals surface area (Å²) < 4.78 is 7.52. The number of carbonyl (C=O) groups excluding carboxylic acids is 1. The van der Waals surface area contributed by atoms with E-state index in [1.54, 1.807) is 14.0 Å². The number of hydrogen-bond donors (Lipinski definition) is 1. The van der Waals surface area contributed by atoms with E-state index < -0.39 is 0 Å². The van der Waals surface area contributed by atoms with Crippen molar-refractivity contribution >= 4 is 17.7 Å².